The standard InChI is InChI=1S/C31H32N4O7S/c1-5-41-29-21-9-7-14-33-28(21)30(42-6-2)22-17-35(31(37)27(22)29)24-12-11-20(15-19(24)3)18-43(38,39)34-26(36)16-23-25(40-4)10-8-13-32-23/h7-15H,5-6,16-18H2,1-4H3,(H,34,36). The van der Waals surface area contributed by atoms with Gasteiger partial charge in [-0.05, 0) is 62.2 Å². The van der Waals surface area contributed by atoms with Gasteiger partial charge in [0.1, 0.15) is 17.0 Å². The van der Waals surface area contributed by atoms with Crippen LogP contribution in [0.15, 0.2) is 54.9 Å². The molecule has 0 fully saturated rings. The molecule has 4 aromatic rings. The van der Waals surface area contributed by atoms with Gasteiger partial charge in [-0.2, -0.15) is 0 Å². The monoisotopic (exact) mass is 604 g/mol. The molecular formula is C31H32N4O7S. The van der Waals surface area contributed by atoms with E-state index in [2.05, 4.69) is 14.7 Å². The number of hydrogen-bond donors (Lipinski definition) is 1. The minimum atomic E-state index is -4.01. The van der Waals surface area contributed by atoms with Crippen molar-refractivity contribution >= 4 is 38.4 Å². The number of hydrogen-bond acceptors (Lipinski definition) is 9. The van der Waals surface area contributed by atoms with E-state index in [0.29, 0.717) is 75.0 Å². The molecule has 3 heterocycles. The van der Waals surface area contributed by atoms with Gasteiger partial charge in [-0.25, -0.2) is 8.42 Å². The average Bonchev–Trinajstić information content (AvgIpc) is 3.31. The summed E-state index contributed by atoms with van der Waals surface area (Å²) in [4.78, 5) is 36.6. The van der Waals surface area contributed by atoms with E-state index in [1.165, 1.54) is 13.3 Å². The summed E-state index contributed by atoms with van der Waals surface area (Å²) < 4.78 is 45.0. The number of carbonyl (C=O) groups is 2. The van der Waals surface area contributed by atoms with Gasteiger partial charge in [0.25, 0.3) is 5.91 Å². The zero-order valence-electron chi connectivity index (χ0n) is 24.3. The Labute approximate surface area is 249 Å². The molecule has 224 valence electrons. The van der Waals surface area contributed by atoms with Crippen LogP contribution in [-0.4, -0.2) is 50.5 Å². The number of pyridine rings is 2. The summed E-state index contributed by atoms with van der Waals surface area (Å²) in [5.41, 5.74) is 3.86. The van der Waals surface area contributed by atoms with Gasteiger partial charge in [0.05, 0.1) is 50.3 Å². The molecule has 5 rings (SSSR count). The Kier molecular flexibility index (Phi) is 8.49. The summed E-state index contributed by atoms with van der Waals surface area (Å²) in [6.07, 6.45) is 2.93. The molecule has 2 aromatic heterocycles. The molecule has 2 amide bonds. The first-order chi connectivity index (χ1) is 20.7. The largest absolute Gasteiger partial charge is 0.495 e. The lowest BCUT2D eigenvalue weighted by atomic mass is 10.0. The average molecular weight is 605 g/mol. The minimum absolute atomic E-state index is 0.238. The Morgan fingerprint density at radius 1 is 1.02 bits per heavy atom. The van der Waals surface area contributed by atoms with Gasteiger partial charge in [0.15, 0.2) is 5.75 Å². The highest BCUT2D eigenvalue weighted by molar-refractivity contribution is 7.89. The van der Waals surface area contributed by atoms with Gasteiger partial charge >= 0.3 is 0 Å². The number of anilines is 1. The van der Waals surface area contributed by atoms with Gasteiger partial charge in [0, 0.05) is 29.0 Å². The summed E-state index contributed by atoms with van der Waals surface area (Å²) in [5, 5.41) is 0.697. The number of rotatable bonds is 11. The highest BCUT2D eigenvalue weighted by Crippen LogP contribution is 2.45. The number of amides is 2. The number of fused-ring (bicyclic) bond motifs is 2. The lowest BCUT2D eigenvalue weighted by Gasteiger charge is -2.19. The molecule has 0 unspecified atom stereocenters. The van der Waals surface area contributed by atoms with Crippen molar-refractivity contribution in [2.45, 2.75) is 39.5 Å². The Bertz CT molecular complexity index is 1820. The second-order valence-electron chi connectivity index (χ2n) is 9.90. The van der Waals surface area contributed by atoms with Crippen LogP contribution in [0.25, 0.3) is 10.9 Å². The van der Waals surface area contributed by atoms with Crippen molar-refractivity contribution in [2.24, 2.45) is 0 Å². The molecule has 1 N–H and O–H groups in total. The van der Waals surface area contributed by atoms with Crippen LogP contribution in [0.1, 0.15) is 46.6 Å². The van der Waals surface area contributed by atoms with Crippen LogP contribution in [0.2, 0.25) is 0 Å². The highest BCUT2D eigenvalue weighted by atomic mass is 32.2. The van der Waals surface area contributed by atoms with Gasteiger partial charge in [0.2, 0.25) is 15.9 Å². The van der Waals surface area contributed by atoms with E-state index in [1.54, 1.807) is 54.4 Å². The lowest BCUT2D eigenvalue weighted by molar-refractivity contribution is -0.118. The number of sulfonamides is 1. The number of nitrogens with one attached hydrogen (secondary N) is 1. The fraction of sp³-hybridized carbons (Fsp3) is 0.290. The first kappa shape index (κ1) is 29.8. The Balaban J connectivity index is 1.39. The molecule has 0 saturated carbocycles. The third kappa shape index (κ3) is 5.96. The van der Waals surface area contributed by atoms with Gasteiger partial charge in [-0.1, -0.05) is 12.1 Å². The van der Waals surface area contributed by atoms with E-state index in [4.69, 9.17) is 14.2 Å². The molecule has 0 bridgehead atoms. The fourth-order valence-corrected chi connectivity index (χ4v) is 6.41. The molecule has 0 aliphatic carbocycles. The van der Waals surface area contributed by atoms with Gasteiger partial charge in [-0.15, -0.1) is 0 Å². The van der Waals surface area contributed by atoms with Crippen molar-refractivity contribution in [1.82, 2.24) is 14.7 Å². The molecule has 0 spiro atoms. The fourth-order valence-electron chi connectivity index (χ4n) is 5.30. The minimum Gasteiger partial charge on any atom is -0.495 e. The van der Waals surface area contributed by atoms with Crippen LogP contribution in [0.5, 0.6) is 17.2 Å². The third-order valence-electron chi connectivity index (χ3n) is 7.00. The van der Waals surface area contributed by atoms with Gasteiger partial charge in [-0.3, -0.25) is 24.3 Å². The second-order valence-corrected chi connectivity index (χ2v) is 11.6. The van der Waals surface area contributed by atoms with Crippen molar-refractivity contribution in [3.8, 4) is 17.2 Å². The zero-order chi connectivity index (χ0) is 30.7. The SMILES string of the molecule is CCOc1c2c(c(OCC)c3ncccc13)CN(c1ccc(CS(=O)(=O)NC(=O)Cc3ncccc3OC)cc1C)C2=O. The molecular weight excluding hydrogens is 572 g/mol. The quantitative estimate of drug-likeness (QED) is 0.268. The van der Waals surface area contributed by atoms with Crippen molar-refractivity contribution in [3.63, 3.8) is 0 Å². The summed E-state index contributed by atoms with van der Waals surface area (Å²) >= 11 is 0. The number of aryl methyl sites for hydroxylation is 1. The number of carbonyl (C=O) groups excluding carboxylic acids is 2. The lowest BCUT2D eigenvalue weighted by Crippen LogP contribution is -2.33. The Morgan fingerprint density at radius 3 is 2.47 bits per heavy atom. The van der Waals surface area contributed by atoms with Crippen molar-refractivity contribution < 1.29 is 32.2 Å². The third-order valence-corrected chi connectivity index (χ3v) is 8.25. The van der Waals surface area contributed by atoms with E-state index < -0.39 is 21.7 Å². The summed E-state index contributed by atoms with van der Waals surface area (Å²) in [6.45, 7) is 6.54. The van der Waals surface area contributed by atoms with E-state index >= 15 is 0 Å². The zero-order valence-corrected chi connectivity index (χ0v) is 25.2. The number of aromatic nitrogens is 2. The molecule has 1 aliphatic heterocycles. The molecule has 11 nitrogen and oxygen atoms in total. The van der Waals surface area contributed by atoms with Crippen LogP contribution in [0.4, 0.5) is 5.69 Å². The van der Waals surface area contributed by atoms with Crippen LogP contribution >= 0.6 is 0 Å². The molecule has 12 heteroatoms. The van der Waals surface area contributed by atoms with Crippen molar-refractivity contribution in [2.75, 3.05) is 25.2 Å². The number of benzene rings is 2. The van der Waals surface area contributed by atoms with E-state index in [0.717, 1.165) is 0 Å². The maximum atomic E-state index is 13.9. The molecule has 0 atom stereocenters. The van der Waals surface area contributed by atoms with E-state index in [1.807, 2.05) is 19.9 Å². The molecule has 1 aliphatic rings. The first-order valence-corrected chi connectivity index (χ1v) is 15.4. The number of methoxy groups -OCH3 is 1. The molecule has 2 aromatic carbocycles. The van der Waals surface area contributed by atoms with Crippen LogP contribution in [-0.2, 0) is 33.5 Å². The maximum absolute atomic E-state index is 13.9. The maximum Gasteiger partial charge on any atom is 0.262 e. The second kappa shape index (κ2) is 12.3. The predicted octanol–water partition coefficient (Wildman–Crippen LogP) is 4.09. The van der Waals surface area contributed by atoms with E-state index in [-0.39, 0.29) is 18.9 Å². The molecule has 0 radical (unpaired) electrons. The highest BCUT2D eigenvalue weighted by Gasteiger charge is 2.37. The Morgan fingerprint density at radius 2 is 1.74 bits per heavy atom. The number of nitrogens with zero attached hydrogens (tertiary/aromatic N) is 3. The van der Waals surface area contributed by atoms with Crippen LogP contribution in [0, 0.1) is 6.92 Å². The van der Waals surface area contributed by atoms with Gasteiger partial charge < -0.3 is 19.1 Å². The smallest absolute Gasteiger partial charge is 0.262 e. The van der Waals surface area contributed by atoms with Crippen molar-refractivity contribution in [3.05, 3.63) is 82.8 Å². The van der Waals surface area contributed by atoms with Crippen molar-refractivity contribution in [1.29, 1.82) is 0 Å². The Hall–Kier alpha value is -4.71. The first-order valence-electron chi connectivity index (χ1n) is 13.8. The van der Waals surface area contributed by atoms with E-state index in [9.17, 15) is 18.0 Å². The normalized spacial score (nSPS) is 12.7. The summed E-state index contributed by atoms with van der Waals surface area (Å²) in [5.74, 6) is 0.0236. The number of ether oxygens (including phenoxy) is 3. The topological polar surface area (TPSA) is 137 Å². The summed E-state index contributed by atoms with van der Waals surface area (Å²) in [6, 6.07) is 12.0. The molecule has 43 heavy (non-hydrogen) atoms. The summed E-state index contributed by atoms with van der Waals surface area (Å²) in [7, 11) is -2.56. The van der Waals surface area contributed by atoms with Crippen LogP contribution in [0.3, 0.4) is 0 Å². The van der Waals surface area contributed by atoms with Crippen LogP contribution < -0.4 is 23.8 Å². The molecule has 0 saturated heterocycles. The predicted molar refractivity (Wildman–Crippen MR) is 161 cm³/mol.